The molecule has 1 heterocycles. The maximum Gasteiger partial charge on any atom is 0.340 e. The number of para-hydroxylation sites is 1. The lowest BCUT2D eigenvalue weighted by Gasteiger charge is -2.12. The van der Waals surface area contributed by atoms with Gasteiger partial charge in [-0.25, -0.2) is 4.68 Å². The van der Waals surface area contributed by atoms with Gasteiger partial charge in [-0.3, -0.25) is 10.1 Å². The molecule has 0 amide bonds. The number of hydrogen-bond donors (Lipinski definition) is 0. The Morgan fingerprint density at radius 3 is 2.18 bits per heavy atom. The lowest BCUT2D eigenvalue weighted by atomic mass is 10.1. The second-order valence-electron chi connectivity index (χ2n) is 7.30. The van der Waals surface area contributed by atoms with Gasteiger partial charge in [0.1, 0.15) is 17.3 Å². The molecule has 34 heavy (non-hydrogen) atoms. The average molecular weight is 480 g/mol. The molecule has 0 N–H and O–H groups in total. The monoisotopic (exact) mass is 479 g/mol. The van der Waals surface area contributed by atoms with Crippen molar-refractivity contribution in [1.82, 2.24) is 9.78 Å². The minimum Gasteiger partial charge on any atom is -0.492 e. The summed E-state index contributed by atoms with van der Waals surface area (Å²) in [7, 11) is -4.30. The van der Waals surface area contributed by atoms with Gasteiger partial charge in [-0.05, 0) is 36.8 Å². The Kier molecular flexibility index (Phi) is 6.60. The first kappa shape index (κ1) is 23.0. The minimum atomic E-state index is -4.30. The molecule has 0 spiro atoms. The molecule has 0 aliphatic rings. The van der Waals surface area contributed by atoms with Crippen molar-refractivity contribution in [3.63, 3.8) is 0 Å². The van der Waals surface area contributed by atoms with Gasteiger partial charge in [0.25, 0.3) is 5.69 Å². The normalized spacial score (nSPS) is 11.2. The summed E-state index contributed by atoms with van der Waals surface area (Å²) in [4.78, 5) is 10.1. The third-order valence-electron chi connectivity index (χ3n) is 4.98. The van der Waals surface area contributed by atoms with Gasteiger partial charge < -0.3 is 8.92 Å². The van der Waals surface area contributed by atoms with Gasteiger partial charge in [0.2, 0.25) is 5.88 Å². The van der Waals surface area contributed by atoms with Crippen molar-refractivity contribution in [2.45, 2.75) is 18.4 Å². The van der Waals surface area contributed by atoms with Crippen LogP contribution in [0.15, 0.2) is 89.8 Å². The van der Waals surface area contributed by atoms with E-state index in [1.807, 2.05) is 60.7 Å². The van der Waals surface area contributed by atoms with Crippen LogP contribution in [-0.2, 0) is 16.7 Å². The van der Waals surface area contributed by atoms with Gasteiger partial charge in [0, 0.05) is 12.1 Å². The maximum absolute atomic E-state index is 13.1. The third kappa shape index (κ3) is 5.07. The second-order valence-corrected chi connectivity index (χ2v) is 8.85. The molecular formula is C24H21N3O6S. The highest BCUT2D eigenvalue weighted by molar-refractivity contribution is 7.87. The molecule has 0 radical (unpaired) electrons. The predicted octanol–water partition coefficient (Wildman–Crippen LogP) is 4.61. The van der Waals surface area contributed by atoms with E-state index in [9.17, 15) is 18.5 Å². The van der Waals surface area contributed by atoms with Gasteiger partial charge >= 0.3 is 10.1 Å². The van der Waals surface area contributed by atoms with Crippen LogP contribution in [0.25, 0.3) is 11.1 Å². The highest BCUT2D eigenvalue weighted by Crippen LogP contribution is 2.35. The van der Waals surface area contributed by atoms with E-state index >= 15 is 0 Å². The number of nitrogens with zero attached hydrogens (tertiary/aromatic N) is 3. The zero-order chi connectivity index (χ0) is 24.1. The summed E-state index contributed by atoms with van der Waals surface area (Å²) in [6, 6.07) is 22.9. The molecular weight excluding hydrogens is 458 g/mol. The first-order valence-corrected chi connectivity index (χ1v) is 11.8. The van der Waals surface area contributed by atoms with E-state index in [0.717, 1.165) is 29.8 Å². The minimum absolute atomic E-state index is 0.0405. The Bertz CT molecular complexity index is 1390. The van der Waals surface area contributed by atoms with Crippen molar-refractivity contribution in [2.24, 2.45) is 0 Å². The summed E-state index contributed by atoms with van der Waals surface area (Å²) < 4.78 is 38.9. The molecule has 0 bridgehead atoms. The zero-order valence-corrected chi connectivity index (χ0v) is 19.0. The molecule has 0 atom stereocenters. The van der Waals surface area contributed by atoms with Crippen LogP contribution in [-0.4, -0.2) is 29.7 Å². The van der Waals surface area contributed by atoms with Gasteiger partial charge in [-0.1, -0.05) is 48.5 Å². The molecule has 0 saturated carbocycles. The zero-order valence-electron chi connectivity index (χ0n) is 18.2. The smallest absolute Gasteiger partial charge is 0.340 e. The fraction of sp³-hybridized carbons (Fsp3) is 0.125. The topological polar surface area (TPSA) is 114 Å². The van der Waals surface area contributed by atoms with E-state index in [1.165, 1.54) is 4.68 Å². The fourth-order valence-corrected chi connectivity index (χ4v) is 4.33. The lowest BCUT2D eigenvalue weighted by Crippen LogP contribution is -2.16. The van der Waals surface area contributed by atoms with Crippen LogP contribution < -0.4 is 8.92 Å². The van der Waals surface area contributed by atoms with Crippen molar-refractivity contribution >= 4 is 15.8 Å². The van der Waals surface area contributed by atoms with Crippen LogP contribution in [0.4, 0.5) is 5.69 Å². The Morgan fingerprint density at radius 1 is 0.941 bits per heavy atom. The van der Waals surface area contributed by atoms with Gasteiger partial charge in [0.15, 0.2) is 0 Å². The SMILES string of the molecule is Cc1nn(CCOc2ccccc2)c(OS(=O)(=O)c2ccc([N+](=O)[O-])cc2)c1-c1ccccc1. The average Bonchev–Trinajstić information content (AvgIpc) is 3.14. The molecule has 0 aliphatic heterocycles. The Morgan fingerprint density at radius 2 is 1.56 bits per heavy atom. The number of rotatable bonds is 9. The molecule has 0 saturated heterocycles. The van der Waals surface area contributed by atoms with Crippen molar-refractivity contribution < 1.29 is 22.3 Å². The largest absolute Gasteiger partial charge is 0.492 e. The number of nitro groups is 1. The van der Waals surface area contributed by atoms with E-state index in [-0.39, 0.29) is 29.6 Å². The van der Waals surface area contributed by atoms with E-state index in [1.54, 1.807) is 6.92 Å². The maximum atomic E-state index is 13.1. The van der Waals surface area contributed by atoms with Crippen LogP contribution >= 0.6 is 0 Å². The molecule has 0 unspecified atom stereocenters. The molecule has 0 aliphatic carbocycles. The van der Waals surface area contributed by atoms with E-state index < -0.39 is 15.0 Å². The van der Waals surface area contributed by atoms with Crippen LogP contribution in [0.3, 0.4) is 0 Å². The molecule has 4 aromatic rings. The number of benzene rings is 3. The van der Waals surface area contributed by atoms with Crippen molar-refractivity contribution in [2.75, 3.05) is 6.61 Å². The summed E-state index contributed by atoms with van der Waals surface area (Å²) in [5, 5.41) is 15.4. The number of hydrogen-bond acceptors (Lipinski definition) is 7. The van der Waals surface area contributed by atoms with E-state index in [2.05, 4.69) is 5.10 Å². The fourth-order valence-electron chi connectivity index (χ4n) is 3.39. The molecule has 3 aromatic carbocycles. The van der Waals surface area contributed by atoms with Crippen molar-refractivity contribution in [1.29, 1.82) is 0 Å². The predicted molar refractivity (Wildman–Crippen MR) is 125 cm³/mol. The Hall–Kier alpha value is -4.18. The van der Waals surface area contributed by atoms with Crippen LogP contribution in [0.2, 0.25) is 0 Å². The second kappa shape index (κ2) is 9.75. The molecule has 9 nitrogen and oxygen atoms in total. The molecule has 174 valence electrons. The molecule has 4 rings (SSSR count). The quantitative estimate of drug-likeness (QED) is 0.196. The van der Waals surface area contributed by atoms with Gasteiger partial charge in [-0.2, -0.15) is 13.5 Å². The van der Waals surface area contributed by atoms with E-state index in [4.69, 9.17) is 8.92 Å². The highest BCUT2D eigenvalue weighted by atomic mass is 32.2. The van der Waals surface area contributed by atoms with E-state index in [0.29, 0.717) is 17.0 Å². The standard InChI is InChI=1S/C24H21N3O6S/c1-18-23(19-8-4-2-5-9-19)24(26(25-18)16-17-32-21-10-6-3-7-11-21)33-34(30,31)22-14-12-20(13-15-22)27(28)29/h2-15H,16-17H2,1H3. The van der Waals surface area contributed by atoms with Gasteiger partial charge in [-0.15, -0.1) is 0 Å². The van der Waals surface area contributed by atoms with Crippen molar-refractivity contribution in [3.8, 4) is 22.8 Å². The van der Waals surface area contributed by atoms with Crippen LogP contribution in [0.1, 0.15) is 5.69 Å². The molecule has 10 heteroatoms. The van der Waals surface area contributed by atoms with Crippen LogP contribution in [0, 0.1) is 17.0 Å². The number of aryl methyl sites for hydroxylation is 1. The number of nitro benzene ring substituents is 1. The number of aromatic nitrogens is 2. The third-order valence-corrected chi connectivity index (χ3v) is 6.21. The summed E-state index contributed by atoms with van der Waals surface area (Å²) in [6.07, 6.45) is 0. The van der Waals surface area contributed by atoms with Crippen molar-refractivity contribution in [3.05, 3.63) is 101 Å². The lowest BCUT2D eigenvalue weighted by molar-refractivity contribution is -0.384. The first-order chi connectivity index (χ1) is 16.3. The summed E-state index contributed by atoms with van der Waals surface area (Å²) >= 11 is 0. The number of ether oxygens (including phenoxy) is 1. The highest BCUT2D eigenvalue weighted by Gasteiger charge is 2.26. The van der Waals surface area contributed by atoms with Crippen LogP contribution in [0.5, 0.6) is 11.6 Å². The first-order valence-electron chi connectivity index (χ1n) is 10.3. The Balaban J connectivity index is 1.67. The summed E-state index contributed by atoms with van der Waals surface area (Å²) in [6.45, 7) is 2.23. The summed E-state index contributed by atoms with van der Waals surface area (Å²) in [5.74, 6) is 0.717. The number of non-ortho nitro benzene ring substituents is 1. The summed E-state index contributed by atoms with van der Waals surface area (Å²) in [5.41, 5.74) is 1.64. The Labute approximate surface area is 196 Å². The molecule has 1 aromatic heterocycles. The molecule has 0 fully saturated rings. The van der Waals surface area contributed by atoms with Gasteiger partial charge in [0.05, 0.1) is 22.7 Å².